The van der Waals surface area contributed by atoms with Gasteiger partial charge in [-0.2, -0.15) is 0 Å². The third-order valence-corrected chi connectivity index (χ3v) is 4.36. The second-order valence-corrected chi connectivity index (χ2v) is 6.30. The molecule has 2 aromatic heterocycles. The van der Waals surface area contributed by atoms with Gasteiger partial charge in [-0.1, -0.05) is 35.3 Å². The summed E-state index contributed by atoms with van der Waals surface area (Å²) < 4.78 is 0. The number of fused-ring (bicyclic) bond motifs is 1. The largest absolute Gasteiger partial charge is 0.387 e. The Balaban J connectivity index is 1.78. The molecule has 6 heteroatoms. The van der Waals surface area contributed by atoms with Crippen LogP contribution in [0.2, 0.25) is 10.2 Å². The number of nitrogens with one attached hydrogen (secondary N) is 1. The maximum absolute atomic E-state index is 10.2. The zero-order valence-electron chi connectivity index (χ0n) is 10.9. The topological polar surface area (TPSA) is 45.1 Å². The molecule has 0 amide bonds. The highest BCUT2D eigenvalue weighted by atomic mass is 35.5. The van der Waals surface area contributed by atoms with Gasteiger partial charge in [0, 0.05) is 22.6 Å². The smallest absolute Gasteiger partial charge is 0.132 e. The van der Waals surface area contributed by atoms with E-state index in [2.05, 4.69) is 10.3 Å². The van der Waals surface area contributed by atoms with Crippen LogP contribution in [0.1, 0.15) is 11.7 Å². The molecule has 0 aliphatic rings. The third kappa shape index (κ3) is 3.30. The van der Waals surface area contributed by atoms with Crippen LogP contribution in [0, 0.1) is 0 Å². The molecule has 2 heterocycles. The van der Waals surface area contributed by atoms with Crippen LogP contribution in [0.5, 0.6) is 0 Å². The molecule has 0 aliphatic heterocycles. The Kier molecular flexibility index (Phi) is 4.31. The first-order valence-corrected chi connectivity index (χ1v) is 7.98. The number of nitrogens with zero attached hydrogens (tertiary/aromatic N) is 1. The lowest BCUT2D eigenvalue weighted by Gasteiger charge is -2.14. The number of benzene rings is 1. The van der Waals surface area contributed by atoms with Crippen molar-refractivity contribution in [2.75, 3.05) is 11.9 Å². The van der Waals surface area contributed by atoms with Gasteiger partial charge in [-0.25, -0.2) is 4.98 Å². The number of pyridine rings is 1. The fraction of sp³-hybridized carbons (Fsp3) is 0.133. The molecule has 3 nitrogen and oxygen atoms in total. The lowest BCUT2D eigenvalue weighted by molar-refractivity contribution is 0.191. The van der Waals surface area contributed by atoms with Crippen LogP contribution in [-0.2, 0) is 0 Å². The van der Waals surface area contributed by atoms with Gasteiger partial charge in [0.2, 0.25) is 0 Å². The molecule has 0 aliphatic carbocycles. The number of hydrogen-bond donors (Lipinski definition) is 2. The molecule has 3 rings (SSSR count). The normalized spacial score (nSPS) is 12.5. The minimum atomic E-state index is -0.649. The first-order valence-electron chi connectivity index (χ1n) is 6.34. The summed E-state index contributed by atoms with van der Waals surface area (Å²) in [4.78, 5) is 5.13. The van der Waals surface area contributed by atoms with Gasteiger partial charge in [0.25, 0.3) is 0 Å². The predicted molar refractivity (Wildman–Crippen MR) is 89.5 cm³/mol. The maximum Gasteiger partial charge on any atom is 0.132 e. The van der Waals surface area contributed by atoms with Gasteiger partial charge in [0.15, 0.2) is 0 Å². The number of aromatic nitrogens is 1. The van der Waals surface area contributed by atoms with Crippen LogP contribution in [0.4, 0.5) is 5.69 Å². The summed E-state index contributed by atoms with van der Waals surface area (Å²) in [5.41, 5.74) is 1.64. The van der Waals surface area contributed by atoms with Gasteiger partial charge in [-0.3, -0.25) is 0 Å². The lowest BCUT2D eigenvalue weighted by Crippen LogP contribution is -2.12. The van der Waals surface area contributed by atoms with Gasteiger partial charge >= 0.3 is 0 Å². The van der Waals surface area contributed by atoms with Crippen LogP contribution in [0.15, 0.2) is 41.8 Å². The number of aliphatic hydroxyl groups is 1. The van der Waals surface area contributed by atoms with Gasteiger partial charge in [-0.15, -0.1) is 11.3 Å². The van der Waals surface area contributed by atoms with Crippen LogP contribution in [-0.4, -0.2) is 16.6 Å². The first kappa shape index (κ1) is 14.6. The third-order valence-electron chi connectivity index (χ3n) is 3.13. The summed E-state index contributed by atoms with van der Waals surface area (Å²) in [6, 6.07) is 11.0. The highest BCUT2D eigenvalue weighted by Gasteiger charge is 2.10. The molecule has 0 bridgehead atoms. The summed E-state index contributed by atoms with van der Waals surface area (Å²) in [6.07, 6.45) is -0.649. The lowest BCUT2D eigenvalue weighted by atomic mass is 10.1. The molecule has 0 fully saturated rings. The van der Waals surface area contributed by atoms with E-state index < -0.39 is 6.10 Å². The van der Waals surface area contributed by atoms with Crippen molar-refractivity contribution < 1.29 is 5.11 Å². The van der Waals surface area contributed by atoms with Gasteiger partial charge in [0.1, 0.15) is 9.98 Å². The van der Waals surface area contributed by atoms with Gasteiger partial charge in [0.05, 0.1) is 6.10 Å². The monoisotopic (exact) mass is 338 g/mol. The van der Waals surface area contributed by atoms with E-state index in [1.54, 1.807) is 18.2 Å². The quantitative estimate of drug-likeness (QED) is 0.675. The molecule has 1 atom stereocenters. The summed E-state index contributed by atoms with van der Waals surface area (Å²) in [5.74, 6) is 0. The molecular weight excluding hydrogens is 327 g/mol. The average Bonchev–Trinajstić information content (AvgIpc) is 2.92. The molecule has 1 unspecified atom stereocenters. The molecule has 0 radical (unpaired) electrons. The second-order valence-electron chi connectivity index (χ2n) is 4.58. The van der Waals surface area contributed by atoms with Crippen LogP contribution in [0.25, 0.3) is 10.2 Å². The van der Waals surface area contributed by atoms with E-state index in [1.807, 2.05) is 23.6 Å². The molecule has 108 valence electrons. The summed E-state index contributed by atoms with van der Waals surface area (Å²) in [6.45, 7) is 0.367. The van der Waals surface area contributed by atoms with Crippen molar-refractivity contribution >= 4 is 50.4 Å². The molecule has 0 spiro atoms. The minimum Gasteiger partial charge on any atom is -0.387 e. The first-order chi connectivity index (χ1) is 10.1. The fourth-order valence-corrected chi connectivity index (χ4v) is 3.34. The minimum absolute atomic E-state index is 0.367. The highest BCUT2D eigenvalue weighted by molar-refractivity contribution is 7.16. The van der Waals surface area contributed by atoms with E-state index in [9.17, 15) is 5.11 Å². The number of rotatable bonds is 4. The Hall–Kier alpha value is -1.33. The molecule has 3 aromatic rings. The molecule has 21 heavy (non-hydrogen) atoms. The van der Waals surface area contributed by atoms with Crippen molar-refractivity contribution in [3.63, 3.8) is 0 Å². The number of hydrogen-bond acceptors (Lipinski definition) is 4. The van der Waals surface area contributed by atoms with Gasteiger partial charge in [-0.05, 0) is 35.2 Å². The summed E-state index contributed by atoms with van der Waals surface area (Å²) >= 11 is 13.5. The van der Waals surface area contributed by atoms with E-state index in [0.717, 1.165) is 21.5 Å². The number of halogens is 2. The Morgan fingerprint density at radius 2 is 2.10 bits per heavy atom. The standard InChI is InChI=1S/C15H12Cl2N2OS/c16-10-3-1-2-9(6-10)13(20)8-18-12-7-14(17)19-15-11(12)4-5-21-15/h1-7,13,20H,8H2,(H,18,19). The Labute approximate surface area is 136 Å². The van der Waals surface area contributed by atoms with Gasteiger partial charge < -0.3 is 10.4 Å². The summed E-state index contributed by atoms with van der Waals surface area (Å²) in [5, 5.41) is 17.5. The van der Waals surface area contributed by atoms with Crippen molar-refractivity contribution in [2.24, 2.45) is 0 Å². The molecule has 0 saturated heterocycles. The number of aliphatic hydroxyl groups excluding tert-OH is 1. The van der Waals surface area contributed by atoms with Crippen LogP contribution >= 0.6 is 34.5 Å². The summed E-state index contributed by atoms with van der Waals surface area (Å²) in [7, 11) is 0. The van der Waals surface area contributed by atoms with E-state index >= 15 is 0 Å². The SMILES string of the molecule is OC(CNc1cc(Cl)nc2sccc12)c1cccc(Cl)c1. The maximum atomic E-state index is 10.2. The number of anilines is 1. The van der Waals surface area contributed by atoms with E-state index in [0.29, 0.717) is 16.7 Å². The van der Waals surface area contributed by atoms with Crippen molar-refractivity contribution in [2.45, 2.75) is 6.10 Å². The average molecular weight is 339 g/mol. The Morgan fingerprint density at radius 1 is 1.24 bits per heavy atom. The fourth-order valence-electron chi connectivity index (χ4n) is 2.10. The predicted octanol–water partition coefficient (Wildman–Crippen LogP) is 4.75. The van der Waals surface area contributed by atoms with Crippen molar-refractivity contribution in [1.82, 2.24) is 4.98 Å². The molecular formula is C15H12Cl2N2OS. The highest BCUT2D eigenvalue weighted by Crippen LogP contribution is 2.29. The zero-order valence-corrected chi connectivity index (χ0v) is 13.2. The molecule has 0 saturated carbocycles. The van der Waals surface area contributed by atoms with Crippen molar-refractivity contribution in [1.29, 1.82) is 0 Å². The van der Waals surface area contributed by atoms with Crippen molar-refractivity contribution in [3.8, 4) is 0 Å². The Bertz CT molecular complexity index is 775. The van der Waals surface area contributed by atoms with E-state index in [-0.39, 0.29) is 0 Å². The van der Waals surface area contributed by atoms with Crippen LogP contribution < -0.4 is 5.32 Å². The second kappa shape index (κ2) is 6.20. The van der Waals surface area contributed by atoms with Crippen LogP contribution in [0.3, 0.4) is 0 Å². The molecule has 1 aromatic carbocycles. The van der Waals surface area contributed by atoms with E-state index in [4.69, 9.17) is 23.2 Å². The Morgan fingerprint density at radius 3 is 2.90 bits per heavy atom. The van der Waals surface area contributed by atoms with Crippen molar-refractivity contribution in [3.05, 3.63) is 57.5 Å². The zero-order chi connectivity index (χ0) is 14.8. The molecule has 2 N–H and O–H groups in total. The van der Waals surface area contributed by atoms with E-state index in [1.165, 1.54) is 11.3 Å². The number of thiophene rings is 1.